The van der Waals surface area contributed by atoms with Crippen LogP contribution in [-0.4, -0.2) is 4.98 Å². The van der Waals surface area contributed by atoms with Crippen molar-refractivity contribution in [1.29, 1.82) is 0 Å². The molecule has 1 aromatic heterocycles. The lowest BCUT2D eigenvalue weighted by Gasteiger charge is -2.01. The summed E-state index contributed by atoms with van der Waals surface area (Å²) in [6.07, 6.45) is 1.07. The molecule has 0 radical (unpaired) electrons. The van der Waals surface area contributed by atoms with Crippen molar-refractivity contribution in [3.63, 3.8) is 0 Å². The van der Waals surface area contributed by atoms with Gasteiger partial charge in [0.25, 0.3) is 0 Å². The zero-order valence-corrected chi connectivity index (χ0v) is 10.5. The Balaban J connectivity index is 2.41. The molecule has 84 valence electrons. The molecule has 0 aliphatic heterocycles. The molecule has 0 aliphatic carbocycles. The summed E-state index contributed by atoms with van der Waals surface area (Å²) in [5.41, 5.74) is 9.30. The maximum atomic E-state index is 5.73. The summed E-state index contributed by atoms with van der Waals surface area (Å²) in [4.78, 5) is 5.71. The molecule has 0 fully saturated rings. The predicted molar refractivity (Wildman–Crippen MR) is 69.6 cm³/mol. The minimum Gasteiger partial charge on any atom is -0.326 e. The summed E-state index contributed by atoms with van der Waals surface area (Å²) < 4.78 is 0. The van der Waals surface area contributed by atoms with E-state index in [1.165, 1.54) is 16.0 Å². The van der Waals surface area contributed by atoms with Crippen LogP contribution in [0, 0.1) is 6.92 Å². The van der Waals surface area contributed by atoms with E-state index in [9.17, 15) is 0 Å². The lowest BCUT2D eigenvalue weighted by Crippen LogP contribution is -1.95. The lowest BCUT2D eigenvalue weighted by atomic mass is 10.1. The molecule has 2 N–H and O–H groups in total. The van der Waals surface area contributed by atoms with Crippen LogP contribution >= 0.6 is 11.3 Å². The van der Waals surface area contributed by atoms with Crippen LogP contribution < -0.4 is 5.73 Å². The van der Waals surface area contributed by atoms with Crippen molar-refractivity contribution in [3.05, 3.63) is 39.7 Å². The van der Waals surface area contributed by atoms with Gasteiger partial charge in [0.05, 0.1) is 10.7 Å². The third kappa shape index (κ3) is 2.15. The van der Waals surface area contributed by atoms with Crippen LogP contribution in [0.1, 0.15) is 22.4 Å². The van der Waals surface area contributed by atoms with Crippen molar-refractivity contribution in [2.75, 3.05) is 0 Å². The van der Waals surface area contributed by atoms with Crippen LogP contribution in [0.25, 0.3) is 11.3 Å². The minimum atomic E-state index is 0.566. The van der Waals surface area contributed by atoms with Crippen molar-refractivity contribution in [2.45, 2.75) is 26.8 Å². The van der Waals surface area contributed by atoms with Crippen LogP contribution in [0.3, 0.4) is 0 Å². The van der Waals surface area contributed by atoms with Crippen LogP contribution in [0.15, 0.2) is 24.3 Å². The number of hydrogen-bond donors (Lipinski definition) is 1. The first-order chi connectivity index (χ1) is 7.74. The maximum absolute atomic E-state index is 5.73. The number of hydrogen-bond acceptors (Lipinski definition) is 3. The summed E-state index contributed by atoms with van der Waals surface area (Å²) in [6.45, 7) is 4.75. The van der Waals surface area contributed by atoms with Gasteiger partial charge in [0.1, 0.15) is 0 Å². The van der Waals surface area contributed by atoms with Crippen molar-refractivity contribution in [3.8, 4) is 11.3 Å². The van der Waals surface area contributed by atoms with Crippen LogP contribution in [0.5, 0.6) is 0 Å². The first-order valence-electron chi connectivity index (χ1n) is 5.50. The quantitative estimate of drug-likeness (QED) is 0.883. The Labute approximate surface area is 100 Å². The fraction of sp³-hybridized carbons (Fsp3) is 0.308. The molecule has 0 spiro atoms. The summed E-state index contributed by atoms with van der Waals surface area (Å²) in [7, 11) is 0. The molecule has 3 heteroatoms. The lowest BCUT2D eigenvalue weighted by molar-refractivity contribution is 1.09. The standard InChI is InChI=1S/C13H16N2S/c1-3-10-4-6-11(7-5-10)13-12(8-14)16-9(2)15-13/h4-7H,3,8,14H2,1-2H3. The molecule has 0 saturated heterocycles. The third-order valence-corrected chi connectivity index (χ3v) is 3.62. The molecule has 1 heterocycles. The van der Waals surface area contributed by atoms with Gasteiger partial charge in [-0.25, -0.2) is 4.98 Å². The summed E-state index contributed by atoms with van der Waals surface area (Å²) in [5.74, 6) is 0. The number of benzene rings is 1. The monoisotopic (exact) mass is 232 g/mol. The molecular formula is C13H16N2S. The van der Waals surface area contributed by atoms with E-state index in [1.807, 2.05) is 6.92 Å². The number of rotatable bonds is 3. The largest absolute Gasteiger partial charge is 0.326 e. The summed E-state index contributed by atoms with van der Waals surface area (Å²) >= 11 is 1.68. The van der Waals surface area contributed by atoms with Crippen LogP contribution in [0.4, 0.5) is 0 Å². The Kier molecular flexibility index (Phi) is 3.36. The highest BCUT2D eigenvalue weighted by Gasteiger charge is 2.09. The fourth-order valence-corrected chi connectivity index (χ4v) is 2.57. The van der Waals surface area contributed by atoms with E-state index in [2.05, 4.69) is 36.2 Å². The van der Waals surface area contributed by atoms with Gasteiger partial charge in [-0.3, -0.25) is 0 Å². The molecule has 2 aromatic rings. The Morgan fingerprint density at radius 3 is 2.50 bits per heavy atom. The molecule has 2 rings (SSSR count). The molecular weight excluding hydrogens is 216 g/mol. The molecule has 1 aromatic carbocycles. The van der Waals surface area contributed by atoms with Crippen molar-refractivity contribution >= 4 is 11.3 Å². The van der Waals surface area contributed by atoms with Crippen LogP contribution in [0.2, 0.25) is 0 Å². The van der Waals surface area contributed by atoms with E-state index < -0.39 is 0 Å². The van der Waals surface area contributed by atoms with E-state index in [4.69, 9.17) is 5.73 Å². The second kappa shape index (κ2) is 4.76. The average molecular weight is 232 g/mol. The van der Waals surface area contributed by atoms with E-state index in [1.54, 1.807) is 11.3 Å². The number of aromatic nitrogens is 1. The molecule has 0 saturated carbocycles. The highest BCUT2D eigenvalue weighted by Crippen LogP contribution is 2.27. The second-order valence-electron chi connectivity index (χ2n) is 3.76. The zero-order chi connectivity index (χ0) is 11.5. The zero-order valence-electron chi connectivity index (χ0n) is 9.66. The van der Waals surface area contributed by atoms with Crippen molar-refractivity contribution < 1.29 is 0 Å². The molecule has 16 heavy (non-hydrogen) atoms. The Bertz CT molecular complexity index is 471. The van der Waals surface area contributed by atoms with Crippen LogP contribution in [-0.2, 0) is 13.0 Å². The smallest absolute Gasteiger partial charge is 0.0905 e. The molecule has 0 unspecified atom stereocenters. The summed E-state index contributed by atoms with van der Waals surface area (Å²) in [5, 5.41) is 1.08. The van der Waals surface area contributed by atoms with Gasteiger partial charge in [-0.15, -0.1) is 11.3 Å². The van der Waals surface area contributed by atoms with Gasteiger partial charge in [0, 0.05) is 17.0 Å². The maximum Gasteiger partial charge on any atom is 0.0905 e. The number of nitrogens with zero attached hydrogens (tertiary/aromatic N) is 1. The van der Waals surface area contributed by atoms with E-state index >= 15 is 0 Å². The Hall–Kier alpha value is -1.19. The second-order valence-corrected chi connectivity index (χ2v) is 5.05. The number of nitrogens with two attached hydrogens (primary N) is 1. The SMILES string of the molecule is CCc1ccc(-c2nc(C)sc2CN)cc1. The molecule has 2 nitrogen and oxygen atoms in total. The van der Waals surface area contributed by atoms with Gasteiger partial charge in [0.15, 0.2) is 0 Å². The van der Waals surface area contributed by atoms with Crippen molar-refractivity contribution in [2.24, 2.45) is 5.73 Å². The fourth-order valence-electron chi connectivity index (χ4n) is 1.73. The summed E-state index contributed by atoms with van der Waals surface area (Å²) in [6, 6.07) is 8.58. The third-order valence-electron chi connectivity index (χ3n) is 2.63. The number of aryl methyl sites for hydroxylation is 2. The molecule has 0 bridgehead atoms. The highest BCUT2D eigenvalue weighted by molar-refractivity contribution is 7.12. The highest BCUT2D eigenvalue weighted by atomic mass is 32.1. The van der Waals surface area contributed by atoms with E-state index in [0.717, 1.165) is 17.1 Å². The van der Waals surface area contributed by atoms with E-state index in [-0.39, 0.29) is 0 Å². The average Bonchev–Trinajstić information content (AvgIpc) is 2.70. The van der Waals surface area contributed by atoms with Gasteiger partial charge in [0.2, 0.25) is 0 Å². The Morgan fingerprint density at radius 2 is 1.94 bits per heavy atom. The van der Waals surface area contributed by atoms with Gasteiger partial charge >= 0.3 is 0 Å². The minimum absolute atomic E-state index is 0.566. The Morgan fingerprint density at radius 1 is 1.25 bits per heavy atom. The van der Waals surface area contributed by atoms with E-state index in [0.29, 0.717) is 6.54 Å². The van der Waals surface area contributed by atoms with Gasteiger partial charge in [-0.1, -0.05) is 31.2 Å². The molecule has 0 amide bonds. The van der Waals surface area contributed by atoms with Crippen molar-refractivity contribution in [1.82, 2.24) is 4.98 Å². The predicted octanol–water partition coefficient (Wildman–Crippen LogP) is 3.14. The number of thiazole rings is 1. The van der Waals surface area contributed by atoms with Gasteiger partial charge in [-0.05, 0) is 18.9 Å². The van der Waals surface area contributed by atoms with Gasteiger partial charge in [-0.2, -0.15) is 0 Å². The topological polar surface area (TPSA) is 38.9 Å². The first-order valence-corrected chi connectivity index (χ1v) is 6.32. The normalized spacial score (nSPS) is 10.7. The first kappa shape index (κ1) is 11.3. The molecule has 0 atom stereocenters. The molecule has 0 aliphatic rings. The van der Waals surface area contributed by atoms with Gasteiger partial charge < -0.3 is 5.73 Å².